The molecular formula is C14H27ClN2O. The lowest BCUT2D eigenvalue weighted by Crippen LogP contribution is -2.51. The first-order chi connectivity index (χ1) is 8.17. The molecule has 1 saturated carbocycles. The minimum Gasteiger partial charge on any atom is -0.348 e. The predicted octanol–water partition coefficient (Wildman–Crippen LogP) is 2.45. The molecule has 18 heavy (non-hydrogen) atoms. The molecule has 1 aliphatic carbocycles. The van der Waals surface area contributed by atoms with Gasteiger partial charge in [-0.1, -0.05) is 19.3 Å². The van der Waals surface area contributed by atoms with Crippen molar-refractivity contribution in [2.45, 2.75) is 44.9 Å². The van der Waals surface area contributed by atoms with Crippen molar-refractivity contribution in [3.8, 4) is 0 Å². The lowest BCUT2D eigenvalue weighted by molar-refractivity contribution is -0.146. The molecule has 1 saturated heterocycles. The summed E-state index contributed by atoms with van der Waals surface area (Å²) in [5, 5.41) is 3.40. The average Bonchev–Trinajstić information content (AvgIpc) is 2.39. The predicted molar refractivity (Wildman–Crippen MR) is 77.1 cm³/mol. The molecule has 2 rings (SSSR count). The summed E-state index contributed by atoms with van der Waals surface area (Å²) in [6.45, 7) is 2.02. The molecule has 0 bridgehead atoms. The fourth-order valence-electron chi connectivity index (χ4n) is 3.77. The number of rotatable bonds is 2. The molecule has 2 fully saturated rings. The van der Waals surface area contributed by atoms with Gasteiger partial charge in [-0.3, -0.25) is 4.79 Å². The Morgan fingerprint density at radius 3 is 2.17 bits per heavy atom. The number of halogens is 1. The van der Waals surface area contributed by atoms with Gasteiger partial charge in [0.2, 0.25) is 5.91 Å². The third-order valence-corrected chi connectivity index (χ3v) is 4.71. The summed E-state index contributed by atoms with van der Waals surface area (Å²) in [7, 11) is 3.82. The molecular weight excluding hydrogens is 248 g/mol. The molecule has 4 heteroatoms. The summed E-state index contributed by atoms with van der Waals surface area (Å²) < 4.78 is 0. The largest absolute Gasteiger partial charge is 0.348 e. The molecule has 1 aliphatic heterocycles. The summed E-state index contributed by atoms with van der Waals surface area (Å²) in [5.74, 6) is 1.01. The van der Waals surface area contributed by atoms with Gasteiger partial charge in [0.05, 0.1) is 5.41 Å². The standard InChI is InChI=1S/C14H26N2O.ClH/c1-16(2)13(17)14(8-10-15-11-9-14)12-6-4-3-5-7-12;/h12,15H,3-11H2,1-2H3;1H. The third kappa shape index (κ3) is 3.00. The van der Waals surface area contributed by atoms with Gasteiger partial charge in [0.15, 0.2) is 0 Å². The number of nitrogens with zero attached hydrogens (tertiary/aromatic N) is 1. The van der Waals surface area contributed by atoms with E-state index in [-0.39, 0.29) is 17.8 Å². The molecule has 0 aromatic carbocycles. The van der Waals surface area contributed by atoms with E-state index in [1.54, 1.807) is 0 Å². The van der Waals surface area contributed by atoms with Crippen molar-refractivity contribution < 1.29 is 4.79 Å². The lowest BCUT2D eigenvalue weighted by Gasteiger charge is -2.45. The van der Waals surface area contributed by atoms with E-state index in [1.807, 2.05) is 19.0 Å². The van der Waals surface area contributed by atoms with Gasteiger partial charge in [-0.25, -0.2) is 0 Å². The fourth-order valence-corrected chi connectivity index (χ4v) is 3.77. The van der Waals surface area contributed by atoms with Crippen molar-refractivity contribution in [1.82, 2.24) is 10.2 Å². The second-order valence-corrected chi connectivity index (χ2v) is 5.94. The molecule has 3 nitrogen and oxygen atoms in total. The highest BCUT2D eigenvalue weighted by molar-refractivity contribution is 5.85. The minimum absolute atomic E-state index is 0. The van der Waals surface area contributed by atoms with Gasteiger partial charge in [-0.2, -0.15) is 0 Å². The summed E-state index contributed by atoms with van der Waals surface area (Å²) in [6.07, 6.45) is 8.60. The van der Waals surface area contributed by atoms with E-state index >= 15 is 0 Å². The molecule has 106 valence electrons. The lowest BCUT2D eigenvalue weighted by atomic mass is 9.63. The van der Waals surface area contributed by atoms with Gasteiger partial charge in [0.25, 0.3) is 0 Å². The maximum Gasteiger partial charge on any atom is 0.228 e. The van der Waals surface area contributed by atoms with Crippen molar-refractivity contribution in [3.05, 3.63) is 0 Å². The number of amides is 1. The van der Waals surface area contributed by atoms with E-state index < -0.39 is 0 Å². The smallest absolute Gasteiger partial charge is 0.228 e. The van der Waals surface area contributed by atoms with Crippen LogP contribution in [0.25, 0.3) is 0 Å². The maximum absolute atomic E-state index is 12.6. The summed E-state index contributed by atoms with van der Waals surface area (Å²) in [4.78, 5) is 14.4. The summed E-state index contributed by atoms with van der Waals surface area (Å²) >= 11 is 0. The van der Waals surface area contributed by atoms with E-state index in [2.05, 4.69) is 5.32 Å². The van der Waals surface area contributed by atoms with E-state index in [4.69, 9.17) is 0 Å². The molecule has 0 radical (unpaired) electrons. The number of hydrogen-bond donors (Lipinski definition) is 1. The Labute approximate surface area is 117 Å². The average molecular weight is 275 g/mol. The Hall–Kier alpha value is -0.280. The molecule has 0 spiro atoms. The minimum atomic E-state index is -0.0465. The molecule has 0 atom stereocenters. The first-order valence-electron chi connectivity index (χ1n) is 7.09. The van der Waals surface area contributed by atoms with Gasteiger partial charge in [0.1, 0.15) is 0 Å². The monoisotopic (exact) mass is 274 g/mol. The Bertz CT molecular complexity index is 269. The summed E-state index contributed by atoms with van der Waals surface area (Å²) in [5.41, 5.74) is -0.0465. The summed E-state index contributed by atoms with van der Waals surface area (Å²) in [6, 6.07) is 0. The van der Waals surface area contributed by atoms with Crippen LogP contribution in [0, 0.1) is 11.3 Å². The third-order valence-electron chi connectivity index (χ3n) is 4.71. The van der Waals surface area contributed by atoms with Gasteiger partial charge >= 0.3 is 0 Å². The first kappa shape index (κ1) is 15.8. The van der Waals surface area contributed by atoms with Crippen LogP contribution in [0.1, 0.15) is 44.9 Å². The van der Waals surface area contributed by atoms with Crippen LogP contribution in [0.5, 0.6) is 0 Å². The Kier molecular flexibility index (Phi) is 5.93. The van der Waals surface area contributed by atoms with Crippen molar-refractivity contribution in [3.63, 3.8) is 0 Å². The Morgan fingerprint density at radius 1 is 1.11 bits per heavy atom. The van der Waals surface area contributed by atoms with E-state index in [0.717, 1.165) is 25.9 Å². The topological polar surface area (TPSA) is 32.3 Å². The molecule has 2 aliphatic rings. The van der Waals surface area contributed by atoms with E-state index in [1.165, 1.54) is 32.1 Å². The van der Waals surface area contributed by atoms with Crippen molar-refractivity contribution in [2.24, 2.45) is 11.3 Å². The van der Waals surface area contributed by atoms with E-state index in [9.17, 15) is 4.79 Å². The van der Waals surface area contributed by atoms with Crippen LogP contribution in [0.4, 0.5) is 0 Å². The molecule has 1 amide bonds. The van der Waals surface area contributed by atoms with Gasteiger partial charge in [0, 0.05) is 14.1 Å². The SMILES string of the molecule is CN(C)C(=O)C1(C2CCCCC2)CCNCC1.Cl. The molecule has 0 aromatic heterocycles. The molecule has 0 aromatic rings. The van der Waals surface area contributed by atoms with Crippen LogP contribution in [0.3, 0.4) is 0 Å². The number of carbonyl (C=O) groups excluding carboxylic acids is 1. The van der Waals surface area contributed by atoms with Crippen LogP contribution in [-0.4, -0.2) is 38.0 Å². The van der Waals surface area contributed by atoms with Crippen LogP contribution >= 0.6 is 12.4 Å². The quantitative estimate of drug-likeness (QED) is 0.839. The number of carbonyl (C=O) groups is 1. The second-order valence-electron chi connectivity index (χ2n) is 5.94. The van der Waals surface area contributed by atoms with Crippen LogP contribution in [-0.2, 0) is 4.79 Å². The van der Waals surface area contributed by atoms with Crippen LogP contribution < -0.4 is 5.32 Å². The normalized spacial score (nSPS) is 24.1. The van der Waals surface area contributed by atoms with Crippen LogP contribution in [0.2, 0.25) is 0 Å². The first-order valence-corrected chi connectivity index (χ1v) is 7.09. The second kappa shape index (κ2) is 6.76. The maximum atomic E-state index is 12.6. The zero-order chi connectivity index (χ0) is 12.3. The van der Waals surface area contributed by atoms with Gasteiger partial charge in [-0.15, -0.1) is 12.4 Å². The van der Waals surface area contributed by atoms with Crippen LogP contribution in [0.15, 0.2) is 0 Å². The zero-order valence-electron chi connectivity index (χ0n) is 11.7. The van der Waals surface area contributed by atoms with Crippen molar-refractivity contribution in [1.29, 1.82) is 0 Å². The van der Waals surface area contributed by atoms with Gasteiger partial charge < -0.3 is 10.2 Å². The molecule has 1 heterocycles. The zero-order valence-corrected chi connectivity index (χ0v) is 12.5. The Balaban J connectivity index is 0.00000162. The Morgan fingerprint density at radius 2 is 1.67 bits per heavy atom. The number of hydrogen-bond acceptors (Lipinski definition) is 2. The highest BCUT2D eigenvalue weighted by Crippen LogP contribution is 2.45. The van der Waals surface area contributed by atoms with Gasteiger partial charge in [-0.05, 0) is 44.7 Å². The van der Waals surface area contributed by atoms with E-state index in [0.29, 0.717) is 11.8 Å². The van der Waals surface area contributed by atoms with Crippen molar-refractivity contribution >= 4 is 18.3 Å². The molecule has 1 N–H and O–H groups in total. The van der Waals surface area contributed by atoms with Crippen molar-refractivity contribution in [2.75, 3.05) is 27.2 Å². The highest BCUT2D eigenvalue weighted by atomic mass is 35.5. The number of nitrogens with one attached hydrogen (secondary N) is 1. The highest BCUT2D eigenvalue weighted by Gasteiger charge is 2.46. The fraction of sp³-hybridized carbons (Fsp3) is 0.929. The molecule has 0 unspecified atom stereocenters. The number of piperidine rings is 1.